The van der Waals surface area contributed by atoms with Crippen molar-refractivity contribution in [3.8, 4) is 5.75 Å². The van der Waals surface area contributed by atoms with Gasteiger partial charge in [0.2, 0.25) is 5.95 Å². The molecule has 2 amide bonds. The molecule has 0 fully saturated rings. The number of aromatic nitrogens is 2. The van der Waals surface area contributed by atoms with Crippen LogP contribution in [0.4, 0.5) is 17.3 Å². The number of aryl methyl sites for hydroxylation is 2. The molecule has 1 aliphatic rings. The first-order valence-corrected chi connectivity index (χ1v) is 10.3. The molecule has 11 nitrogen and oxygen atoms in total. The van der Waals surface area contributed by atoms with Gasteiger partial charge in [-0.25, -0.2) is 9.97 Å². The van der Waals surface area contributed by atoms with Gasteiger partial charge in [-0.1, -0.05) is 6.07 Å². The molecule has 11 heteroatoms. The second-order valence-corrected chi connectivity index (χ2v) is 7.57. The lowest BCUT2D eigenvalue weighted by Gasteiger charge is -2.13. The molecule has 0 radical (unpaired) electrons. The Hall–Kier alpha value is -4.67. The summed E-state index contributed by atoms with van der Waals surface area (Å²) in [6.07, 6.45) is -0.268. The van der Waals surface area contributed by atoms with Gasteiger partial charge < -0.3 is 10.1 Å². The largest absolute Gasteiger partial charge is 0.426 e. The summed E-state index contributed by atoms with van der Waals surface area (Å²) in [7, 11) is 0. The maximum absolute atomic E-state index is 12.6. The lowest BCUT2D eigenvalue weighted by molar-refractivity contribution is -0.385. The number of rotatable bonds is 7. The number of carbonyl (C=O) groups excluding carboxylic acids is 3. The van der Waals surface area contributed by atoms with Crippen LogP contribution in [-0.2, 0) is 4.79 Å². The van der Waals surface area contributed by atoms with E-state index < -0.39 is 28.4 Å². The average Bonchev–Trinajstić information content (AvgIpc) is 3.02. The second kappa shape index (κ2) is 9.06. The van der Waals surface area contributed by atoms with E-state index in [4.69, 9.17) is 4.74 Å². The molecule has 2 aromatic carbocycles. The van der Waals surface area contributed by atoms with E-state index in [1.54, 1.807) is 24.3 Å². The van der Waals surface area contributed by atoms with Gasteiger partial charge in [-0.15, -0.1) is 0 Å². The first-order chi connectivity index (χ1) is 16.2. The molecule has 2 heterocycles. The fourth-order valence-electron chi connectivity index (χ4n) is 3.57. The summed E-state index contributed by atoms with van der Waals surface area (Å²) >= 11 is 0. The highest BCUT2D eigenvalue weighted by molar-refractivity contribution is 6.23. The molecular weight excluding hydrogens is 442 g/mol. The minimum atomic E-state index is -0.802. The number of amides is 2. The summed E-state index contributed by atoms with van der Waals surface area (Å²) in [6, 6.07) is 12.2. The van der Waals surface area contributed by atoms with Gasteiger partial charge in [0.1, 0.15) is 11.3 Å². The summed E-state index contributed by atoms with van der Waals surface area (Å²) in [4.78, 5) is 57.2. The van der Waals surface area contributed by atoms with Gasteiger partial charge in [-0.2, -0.15) is 0 Å². The monoisotopic (exact) mass is 461 g/mol. The number of nitro benzene ring substituents is 1. The summed E-state index contributed by atoms with van der Waals surface area (Å²) in [6.45, 7) is 3.48. The quantitative estimate of drug-likeness (QED) is 0.184. The van der Waals surface area contributed by atoms with Gasteiger partial charge in [-0.3, -0.25) is 29.4 Å². The smallest absolute Gasteiger partial charge is 0.312 e. The van der Waals surface area contributed by atoms with Crippen LogP contribution < -0.4 is 10.1 Å². The molecule has 0 spiro atoms. The Morgan fingerprint density at radius 3 is 2.38 bits per heavy atom. The number of nitro groups is 1. The third kappa shape index (κ3) is 4.58. The van der Waals surface area contributed by atoms with Crippen LogP contribution in [0.15, 0.2) is 48.5 Å². The molecule has 0 unspecified atom stereocenters. The third-order valence-corrected chi connectivity index (χ3v) is 5.04. The maximum Gasteiger partial charge on any atom is 0.312 e. The second-order valence-electron chi connectivity index (χ2n) is 7.57. The molecule has 1 aromatic heterocycles. The van der Waals surface area contributed by atoms with Gasteiger partial charge in [0.15, 0.2) is 0 Å². The van der Waals surface area contributed by atoms with E-state index in [1.807, 2.05) is 19.9 Å². The van der Waals surface area contributed by atoms with Crippen molar-refractivity contribution < 1.29 is 24.0 Å². The summed E-state index contributed by atoms with van der Waals surface area (Å²) in [5.74, 6) is -1.42. The van der Waals surface area contributed by atoms with Crippen LogP contribution in [0.5, 0.6) is 5.75 Å². The molecule has 0 saturated carbocycles. The number of ether oxygens (including phenoxy) is 1. The Kier molecular flexibility index (Phi) is 6.00. The van der Waals surface area contributed by atoms with Gasteiger partial charge in [-0.05, 0) is 50.2 Å². The molecule has 34 heavy (non-hydrogen) atoms. The third-order valence-electron chi connectivity index (χ3n) is 5.04. The summed E-state index contributed by atoms with van der Waals surface area (Å²) in [5.41, 5.74) is 1.59. The predicted molar refractivity (Wildman–Crippen MR) is 120 cm³/mol. The molecule has 0 bridgehead atoms. The SMILES string of the molecule is Cc1cc(C)nc(Nc2ccc(OC(=O)CCN3C(=O)c4cccc([N+](=O)[O-])c4C3=O)cc2)n1. The molecule has 0 atom stereocenters. The van der Waals surface area contributed by atoms with Crippen LogP contribution in [0, 0.1) is 24.0 Å². The Bertz CT molecular complexity index is 1300. The Morgan fingerprint density at radius 2 is 1.74 bits per heavy atom. The van der Waals surface area contributed by atoms with Gasteiger partial charge in [0, 0.05) is 29.7 Å². The molecule has 1 N–H and O–H groups in total. The fourth-order valence-corrected chi connectivity index (χ4v) is 3.57. The average molecular weight is 461 g/mol. The first kappa shape index (κ1) is 22.5. The number of nitrogens with one attached hydrogen (secondary N) is 1. The molecule has 0 aliphatic carbocycles. The minimum Gasteiger partial charge on any atom is -0.426 e. The van der Waals surface area contributed by atoms with E-state index in [1.165, 1.54) is 12.1 Å². The van der Waals surface area contributed by atoms with Crippen LogP contribution >= 0.6 is 0 Å². The van der Waals surface area contributed by atoms with E-state index in [-0.39, 0.29) is 29.8 Å². The topological polar surface area (TPSA) is 145 Å². The number of hydrogen-bond donors (Lipinski definition) is 1. The van der Waals surface area contributed by atoms with Crippen molar-refractivity contribution in [1.29, 1.82) is 0 Å². The Labute approximate surface area is 193 Å². The van der Waals surface area contributed by atoms with E-state index in [0.717, 1.165) is 22.4 Å². The highest BCUT2D eigenvalue weighted by Gasteiger charge is 2.40. The normalized spacial score (nSPS) is 12.5. The van der Waals surface area contributed by atoms with Crippen molar-refractivity contribution in [3.63, 3.8) is 0 Å². The van der Waals surface area contributed by atoms with Crippen molar-refractivity contribution in [2.75, 3.05) is 11.9 Å². The van der Waals surface area contributed by atoms with Gasteiger partial charge in [0.25, 0.3) is 17.5 Å². The molecular formula is C23H19N5O6. The molecule has 1 aliphatic heterocycles. The van der Waals surface area contributed by atoms with Crippen molar-refractivity contribution in [2.45, 2.75) is 20.3 Å². The lowest BCUT2D eigenvalue weighted by Crippen LogP contribution is -2.32. The Balaban J connectivity index is 1.35. The number of carbonyl (C=O) groups is 3. The number of hydrogen-bond acceptors (Lipinski definition) is 9. The number of esters is 1. The number of imide groups is 1. The summed E-state index contributed by atoms with van der Waals surface area (Å²) < 4.78 is 5.27. The highest BCUT2D eigenvalue weighted by atomic mass is 16.6. The van der Waals surface area contributed by atoms with Crippen LogP contribution in [0.3, 0.4) is 0 Å². The number of anilines is 2. The maximum atomic E-state index is 12.6. The zero-order chi connectivity index (χ0) is 24.4. The molecule has 3 aromatic rings. The van der Waals surface area contributed by atoms with Crippen LogP contribution in [-0.4, -0.2) is 44.1 Å². The Morgan fingerprint density at radius 1 is 1.06 bits per heavy atom. The standard InChI is InChI=1S/C23H19N5O6/c1-13-12-14(2)25-23(24-13)26-15-6-8-16(9-7-15)34-19(29)10-11-27-21(30)17-4-3-5-18(28(32)33)20(17)22(27)31/h3-9,12H,10-11H2,1-2H3,(H,24,25,26). The minimum absolute atomic E-state index is 0.0524. The van der Waals surface area contributed by atoms with Crippen molar-refractivity contribution in [3.05, 3.63) is 81.2 Å². The first-order valence-electron chi connectivity index (χ1n) is 10.3. The van der Waals surface area contributed by atoms with Crippen molar-refractivity contribution >= 4 is 35.1 Å². The number of fused-ring (bicyclic) bond motifs is 1. The molecule has 172 valence electrons. The van der Waals surface area contributed by atoms with Crippen LogP contribution in [0.25, 0.3) is 0 Å². The summed E-state index contributed by atoms with van der Waals surface area (Å²) in [5, 5.41) is 14.2. The highest BCUT2D eigenvalue weighted by Crippen LogP contribution is 2.30. The zero-order valence-electron chi connectivity index (χ0n) is 18.3. The van der Waals surface area contributed by atoms with Crippen molar-refractivity contribution in [2.24, 2.45) is 0 Å². The molecule has 0 saturated heterocycles. The molecule has 4 rings (SSSR count). The van der Waals surface area contributed by atoms with E-state index in [9.17, 15) is 24.5 Å². The van der Waals surface area contributed by atoms with Crippen LogP contribution in [0.2, 0.25) is 0 Å². The van der Waals surface area contributed by atoms with Gasteiger partial charge in [0.05, 0.1) is 16.9 Å². The van der Waals surface area contributed by atoms with E-state index in [2.05, 4.69) is 15.3 Å². The fraction of sp³-hybridized carbons (Fsp3) is 0.174. The van der Waals surface area contributed by atoms with Gasteiger partial charge >= 0.3 is 5.97 Å². The lowest BCUT2D eigenvalue weighted by atomic mass is 10.1. The van der Waals surface area contributed by atoms with Crippen molar-refractivity contribution in [1.82, 2.24) is 14.9 Å². The van der Waals surface area contributed by atoms with E-state index in [0.29, 0.717) is 11.6 Å². The number of benzene rings is 2. The number of nitrogens with zero attached hydrogens (tertiary/aromatic N) is 4. The predicted octanol–water partition coefficient (Wildman–Crippen LogP) is 3.34. The zero-order valence-corrected chi connectivity index (χ0v) is 18.3. The van der Waals surface area contributed by atoms with E-state index >= 15 is 0 Å². The van der Waals surface area contributed by atoms with Crippen LogP contribution in [0.1, 0.15) is 38.5 Å².